The van der Waals surface area contributed by atoms with E-state index < -0.39 is 52.9 Å². The van der Waals surface area contributed by atoms with Gasteiger partial charge >= 0.3 is 18.2 Å². The number of nitrogens with one attached hydrogen (secondary N) is 1. The predicted molar refractivity (Wildman–Crippen MR) is 228 cm³/mol. The van der Waals surface area contributed by atoms with E-state index in [-0.39, 0.29) is 129 Å². The lowest BCUT2D eigenvalue weighted by molar-refractivity contribution is 0.0457. The first-order chi connectivity index (χ1) is 30.8. The van der Waals surface area contributed by atoms with Crippen LogP contribution >= 0.6 is 0 Å². The highest BCUT2D eigenvalue weighted by atomic mass is 19.2. The van der Waals surface area contributed by atoms with Crippen LogP contribution in [0.15, 0.2) is 60.8 Å². The molecule has 0 saturated carbocycles. The molecule has 4 fully saturated rings. The van der Waals surface area contributed by atoms with E-state index in [0.717, 1.165) is 6.42 Å². The number of carbonyl (C=O) groups excluding carboxylic acids is 2. The first-order valence-electron chi connectivity index (χ1n) is 22.0. The summed E-state index contributed by atoms with van der Waals surface area (Å²) in [6.07, 6.45) is -0.137. The molecule has 11 rings (SSSR count). The van der Waals surface area contributed by atoms with Crippen LogP contribution in [-0.2, 0) is 16.8 Å². The Kier molecular flexibility index (Phi) is 10.7. The number of piperidine rings is 2. The van der Waals surface area contributed by atoms with Gasteiger partial charge < -0.3 is 29.3 Å². The monoisotopic (exact) mass is 885 g/mol. The van der Waals surface area contributed by atoms with Gasteiger partial charge in [-0.25, -0.2) is 31.5 Å². The average Bonchev–Trinajstić information content (AvgIpc) is 3.80. The van der Waals surface area contributed by atoms with Crippen molar-refractivity contribution in [3.63, 3.8) is 0 Å². The molecule has 12 nitrogen and oxygen atoms in total. The smallest absolute Gasteiger partial charge is 0.415 e. The molecule has 4 saturated heterocycles. The number of alkyl carbamates (subject to hydrolysis) is 1. The Morgan fingerprint density at radius 2 is 1.78 bits per heavy atom. The van der Waals surface area contributed by atoms with Crippen molar-refractivity contribution >= 4 is 39.7 Å². The molecule has 0 spiro atoms. The number of nitrogens with zero attached hydrogens (tertiary/aromatic N) is 6. The number of carbonyl (C=O) groups is 2. The number of ether oxygens (including phenoxy) is 3. The average molecular weight is 886 g/mol. The van der Waals surface area contributed by atoms with Crippen LogP contribution in [0.2, 0.25) is 0 Å². The van der Waals surface area contributed by atoms with E-state index in [1.54, 1.807) is 42.2 Å². The molecule has 1 N–H and O–H groups in total. The minimum absolute atomic E-state index is 0.0240. The first-order valence-corrected chi connectivity index (χ1v) is 22.0. The summed E-state index contributed by atoms with van der Waals surface area (Å²) in [5.41, 5.74) is -3.35. The van der Waals surface area contributed by atoms with Gasteiger partial charge in [-0.15, -0.1) is 0 Å². The third kappa shape index (κ3) is 7.78. The number of likely N-dealkylation sites (tertiary alicyclic amines) is 1. The number of hydrogen-bond acceptors (Lipinski definition) is 10. The van der Waals surface area contributed by atoms with Gasteiger partial charge in [0.25, 0.3) is 0 Å². The molecule has 2 amide bonds. The van der Waals surface area contributed by atoms with Crippen molar-refractivity contribution in [2.75, 3.05) is 57.4 Å². The van der Waals surface area contributed by atoms with Gasteiger partial charge in [0.05, 0.1) is 36.2 Å². The second-order valence-electron chi connectivity index (χ2n) is 18.3. The maximum Gasteiger partial charge on any atom is 0.415 e. The molecule has 1 unspecified atom stereocenters. The van der Waals surface area contributed by atoms with Crippen molar-refractivity contribution < 1.29 is 45.8 Å². The van der Waals surface area contributed by atoms with Gasteiger partial charge in [0, 0.05) is 44.2 Å². The lowest BCUT2D eigenvalue weighted by Gasteiger charge is -2.42. The Labute approximate surface area is 366 Å². The van der Waals surface area contributed by atoms with E-state index in [1.807, 2.05) is 0 Å². The summed E-state index contributed by atoms with van der Waals surface area (Å²) in [6.45, 7) is 2.48. The van der Waals surface area contributed by atoms with Crippen molar-refractivity contribution in [1.82, 2.24) is 30.1 Å². The van der Waals surface area contributed by atoms with Crippen molar-refractivity contribution in [2.45, 2.75) is 87.4 Å². The summed E-state index contributed by atoms with van der Waals surface area (Å²) in [5.74, 6) is -1.47. The van der Waals surface area contributed by atoms with Crippen LogP contribution in [0.5, 0.6) is 11.8 Å². The lowest BCUT2D eigenvalue weighted by atomic mass is 9.87. The molecule has 0 radical (unpaired) electrons. The fourth-order valence-electron chi connectivity index (χ4n) is 10.7. The molecule has 6 aliphatic rings. The Hall–Kier alpha value is -5.84. The molecular formula is C47H48F5N7O5. The second-order valence-corrected chi connectivity index (χ2v) is 18.3. The molecule has 5 aromatic rings. The summed E-state index contributed by atoms with van der Waals surface area (Å²) in [7, 11) is 0. The third-order valence-corrected chi connectivity index (χ3v) is 13.6. The predicted octanol–water partition coefficient (Wildman–Crippen LogP) is 8.52. The zero-order valence-corrected chi connectivity index (χ0v) is 35.4. The van der Waals surface area contributed by atoms with Crippen molar-refractivity contribution in [2.24, 2.45) is 0 Å². The van der Waals surface area contributed by atoms with E-state index in [0.29, 0.717) is 30.3 Å². The molecule has 6 aliphatic heterocycles. The first kappa shape index (κ1) is 42.1. The van der Waals surface area contributed by atoms with Crippen LogP contribution < -0.4 is 19.7 Å². The van der Waals surface area contributed by atoms with E-state index in [4.69, 9.17) is 19.2 Å². The molecule has 6 bridgehead atoms. The summed E-state index contributed by atoms with van der Waals surface area (Å²) in [6, 6.07) is 14.1. The number of amides is 2. The fraction of sp³-hybridized carbons (Fsp3) is 0.468. The maximum atomic E-state index is 17.7. The molecule has 336 valence electrons. The maximum absolute atomic E-state index is 17.7. The van der Waals surface area contributed by atoms with Crippen LogP contribution in [0.1, 0.15) is 63.0 Å². The van der Waals surface area contributed by atoms with Crippen molar-refractivity contribution in [3.05, 3.63) is 83.6 Å². The van der Waals surface area contributed by atoms with Gasteiger partial charge in [0.15, 0.2) is 11.5 Å². The van der Waals surface area contributed by atoms with Crippen LogP contribution in [0, 0.1) is 11.6 Å². The van der Waals surface area contributed by atoms with Crippen LogP contribution in [0.4, 0.5) is 37.4 Å². The number of benzene rings is 3. The highest BCUT2D eigenvalue weighted by Gasteiger charge is 2.50. The number of anilines is 1. The standard InChI is InChI=1S/C47H48F5N7O5/c1-45-20-30(48)23-58(25-45)41-35-22-53-39(38(51)40(35)54-42(55-41)63-27-46-13-6-16-59(46)24-31(49)21-46)34-19-32(18-28-11-12-36(50)33(37(28)34)10-5-17-62-43(60)56-45)64-44(61)57-15-7-14-47(52,26-57)29-8-3-2-4-9-29/h2-4,8-9,11-12,18-19,22,30-31H,5-7,10,13-17,20-21,23-27H2,1H3,(H,56,60)/t30-,31-,45-,46+,47?/m1/s1. The van der Waals surface area contributed by atoms with Gasteiger partial charge in [0.2, 0.25) is 0 Å². The molecule has 17 heteroatoms. The minimum atomic E-state index is -1.80. The highest BCUT2D eigenvalue weighted by molar-refractivity contribution is 6.02. The largest absolute Gasteiger partial charge is 0.461 e. The number of rotatable bonds is 5. The second kappa shape index (κ2) is 16.3. The fourth-order valence-corrected chi connectivity index (χ4v) is 10.7. The zero-order chi connectivity index (χ0) is 44.4. The summed E-state index contributed by atoms with van der Waals surface area (Å²) < 4.78 is 98.4. The third-order valence-electron chi connectivity index (χ3n) is 13.6. The van der Waals surface area contributed by atoms with Gasteiger partial charge in [-0.2, -0.15) is 9.97 Å². The molecule has 64 heavy (non-hydrogen) atoms. The van der Waals surface area contributed by atoms with Crippen molar-refractivity contribution in [1.29, 1.82) is 0 Å². The minimum Gasteiger partial charge on any atom is -0.461 e. The van der Waals surface area contributed by atoms with E-state index in [2.05, 4.69) is 20.2 Å². The highest BCUT2D eigenvalue weighted by Crippen LogP contribution is 2.43. The summed E-state index contributed by atoms with van der Waals surface area (Å²) in [4.78, 5) is 45.9. The molecule has 0 aliphatic carbocycles. The van der Waals surface area contributed by atoms with Gasteiger partial charge in [0.1, 0.15) is 47.5 Å². The normalized spacial score (nSPS) is 27.4. The molecule has 8 heterocycles. The number of hydrogen-bond donors (Lipinski definition) is 1. The number of halogens is 5. The molecule has 5 atom stereocenters. The molecule has 3 aromatic carbocycles. The summed E-state index contributed by atoms with van der Waals surface area (Å²) >= 11 is 0. The zero-order valence-electron chi connectivity index (χ0n) is 35.4. The number of fused-ring (bicyclic) bond motifs is 7. The number of pyridine rings is 1. The Bertz CT molecular complexity index is 2650. The SMILES string of the molecule is C[C@@]12C[C@@H](F)CN(C1)c1nc(OC[C@@]34CCCN3C[C@H](F)C4)nc3c(F)c(ncc13)-c1cc(OC(=O)N3CCCC(F)(c4ccccc4)C3)cc3ccc(F)c(c13)CCCOC(=O)N2. The summed E-state index contributed by atoms with van der Waals surface area (Å²) in [5, 5.41) is 3.57. The van der Waals surface area contributed by atoms with E-state index >= 15 is 17.6 Å². The number of alkyl halides is 3. The van der Waals surface area contributed by atoms with Gasteiger partial charge in [-0.1, -0.05) is 36.4 Å². The van der Waals surface area contributed by atoms with Crippen molar-refractivity contribution in [3.8, 4) is 23.0 Å². The molecule has 2 aromatic heterocycles. The number of aromatic nitrogens is 3. The van der Waals surface area contributed by atoms with E-state index in [1.165, 1.54) is 35.4 Å². The lowest BCUT2D eigenvalue weighted by Crippen LogP contribution is -2.60. The Morgan fingerprint density at radius 1 is 0.969 bits per heavy atom. The molecular weight excluding hydrogens is 838 g/mol. The van der Waals surface area contributed by atoms with E-state index in [9.17, 15) is 14.0 Å². The number of aryl methyl sites for hydroxylation is 1. The Balaban J connectivity index is 1.10. The topological polar surface area (TPSA) is 122 Å². The van der Waals surface area contributed by atoms with Crippen LogP contribution in [0.3, 0.4) is 0 Å². The van der Waals surface area contributed by atoms with Gasteiger partial charge in [-0.05, 0) is 92.1 Å². The Morgan fingerprint density at radius 3 is 2.62 bits per heavy atom. The van der Waals surface area contributed by atoms with Crippen LogP contribution in [0.25, 0.3) is 32.9 Å². The van der Waals surface area contributed by atoms with Gasteiger partial charge in [-0.3, -0.25) is 9.88 Å². The van der Waals surface area contributed by atoms with Crippen LogP contribution in [-0.4, -0.2) is 113 Å². The quantitative estimate of drug-likeness (QED) is 0.172.